The predicted octanol–water partition coefficient (Wildman–Crippen LogP) is 2.71. The van der Waals surface area contributed by atoms with E-state index in [0.717, 1.165) is 6.07 Å². The molecule has 0 aliphatic rings. The van der Waals surface area contributed by atoms with Crippen LogP contribution in [0.5, 0.6) is 0 Å². The number of hydrogen-bond donors (Lipinski definition) is 1. The number of hydrogen-bond acceptors (Lipinski definition) is 1. The summed E-state index contributed by atoms with van der Waals surface area (Å²) in [5.74, 6) is -1.40. The molecule has 0 amide bonds. The van der Waals surface area contributed by atoms with Crippen molar-refractivity contribution in [1.29, 1.82) is 0 Å². The fourth-order valence-corrected chi connectivity index (χ4v) is 1.00. The zero-order valence-corrected chi connectivity index (χ0v) is 7.14. The lowest BCUT2D eigenvalue weighted by Gasteiger charge is -2.08. The van der Waals surface area contributed by atoms with E-state index in [0.29, 0.717) is 6.07 Å². The van der Waals surface area contributed by atoms with Gasteiger partial charge in [0.2, 0.25) is 0 Å². The summed E-state index contributed by atoms with van der Waals surface area (Å²) in [5.41, 5.74) is -1.47. The van der Waals surface area contributed by atoms with Crippen molar-refractivity contribution in [2.75, 3.05) is 0 Å². The lowest BCUT2D eigenvalue weighted by molar-refractivity contribution is -0.137. The van der Waals surface area contributed by atoms with Gasteiger partial charge in [-0.05, 0) is 30.7 Å². The highest BCUT2D eigenvalue weighted by Crippen LogP contribution is 2.30. The van der Waals surface area contributed by atoms with Crippen molar-refractivity contribution < 1.29 is 24.4 Å². The van der Waals surface area contributed by atoms with Gasteiger partial charge in [0.15, 0.2) is 0 Å². The van der Waals surface area contributed by atoms with Crippen LogP contribution in [-0.2, 0) is 6.18 Å². The van der Waals surface area contributed by atoms with Crippen LogP contribution in [0.3, 0.4) is 0 Å². The highest BCUT2D eigenvalue weighted by atomic mass is 19.4. The minimum Gasteiger partial charge on any atom is -0.478 e. The Labute approximate surface area is 79.4 Å². The molecule has 0 aromatic heterocycles. The molecule has 5 heteroatoms. The summed E-state index contributed by atoms with van der Waals surface area (Å²) >= 11 is 0. The summed E-state index contributed by atoms with van der Waals surface area (Å²) in [6.07, 6.45) is -4.56. The Morgan fingerprint density at radius 2 is 2.14 bits per heavy atom. The van der Waals surface area contributed by atoms with Gasteiger partial charge in [0, 0.05) is 0 Å². The van der Waals surface area contributed by atoms with Crippen molar-refractivity contribution in [2.24, 2.45) is 0 Å². The smallest absolute Gasteiger partial charge is 0.416 e. The average molecular weight is 205 g/mol. The van der Waals surface area contributed by atoms with Gasteiger partial charge in [-0.2, -0.15) is 13.2 Å². The summed E-state index contributed by atoms with van der Waals surface area (Å²) in [7, 11) is 0. The molecule has 0 atom stereocenters. The molecule has 0 saturated heterocycles. The van der Waals surface area contributed by atoms with Gasteiger partial charge in [-0.1, -0.05) is 0 Å². The molecule has 14 heavy (non-hydrogen) atoms. The second-order valence-corrected chi connectivity index (χ2v) is 2.75. The van der Waals surface area contributed by atoms with Crippen LogP contribution in [0.25, 0.3) is 0 Å². The maximum atomic E-state index is 12.2. The maximum absolute atomic E-state index is 12.2. The summed E-state index contributed by atoms with van der Waals surface area (Å²) in [5, 5.41) is 8.64. The number of aromatic carboxylic acids is 1. The zero-order valence-electron chi connectivity index (χ0n) is 8.14. The Bertz CT molecular complexity index is 389. The molecule has 0 bridgehead atoms. The van der Waals surface area contributed by atoms with E-state index in [-0.39, 0.29) is 5.56 Å². The fraction of sp³-hybridized carbons (Fsp3) is 0.222. The predicted molar refractivity (Wildman–Crippen MR) is 43.1 cm³/mol. The van der Waals surface area contributed by atoms with E-state index in [2.05, 4.69) is 0 Å². The number of carboxylic acids is 1. The van der Waals surface area contributed by atoms with Crippen molar-refractivity contribution in [3.8, 4) is 0 Å². The van der Waals surface area contributed by atoms with Crippen LogP contribution < -0.4 is 0 Å². The van der Waals surface area contributed by atoms with Crippen molar-refractivity contribution in [1.82, 2.24) is 0 Å². The molecule has 1 N–H and O–H groups in total. The molecule has 0 saturated carbocycles. The molecule has 2 nitrogen and oxygen atoms in total. The number of alkyl halides is 3. The van der Waals surface area contributed by atoms with E-state index < -0.39 is 29.3 Å². The molecular formula is C9H7F3O2. The average Bonchev–Trinajstić information content (AvgIpc) is 1.99. The first-order valence-corrected chi connectivity index (χ1v) is 3.65. The normalized spacial score (nSPS) is 12.4. The maximum Gasteiger partial charge on any atom is 0.416 e. The number of carboxylic acid groups (broad SMARTS) is 1. The van der Waals surface area contributed by atoms with Crippen LogP contribution in [0.4, 0.5) is 13.2 Å². The van der Waals surface area contributed by atoms with Gasteiger partial charge in [-0.25, -0.2) is 4.79 Å². The number of aryl methyl sites for hydroxylation is 1. The van der Waals surface area contributed by atoms with E-state index in [1.165, 1.54) is 6.92 Å². The molecule has 0 fully saturated rings. The van der Waals surface area contributed by atoms with Gasteiger partial charge in [-0.15, -0.1) is 0 Å². The first kappa shape index (κ1) is 9.05. The number of benzene rings is 1. The number of halogens is 3. The molecule has 1 rings (SSSR count). The van der Waals surface area contributed by atoms with Crippen molar-refractivity contribution in [3.63, 3.8) is 0 Å². The van der Waals surface area contributed by atoms with E-state index >= 15 is 0 Å². The first-order valence-electron chi connectivity index (χ1n) is 4.15. The van der Waals surface area contributed by atoms with Crippen LogP contribution in [0.1, 0.15) is 22.9 Å². The van der Waals surface area contributed by atoms with Crippen LogP contribution >= 0.6 is 0 Å². The molecule has 0 unspecified atom stereocenters. The van der Waals surface area contributed by atoms with Gasteiger partial charge >= 0.3 is 12.1 Å². The van der Waals surface area contributed by atoms with Gasteiger partial charge in [0.1, 0.15) is 0 Å². The number of carbonyl (C=O) groups is 1. The molecule has 0 radical (unpaired) electrons. The van der Waals surface area contributed by atoms with Crippen molar-refractivity contribution in [3.05, 3.63) is 34.9 Å². The lowest BCUT2D eigenvalue weighted by Crippen LogP contribution is -2.07. The van der Waals surface area contributed by atoms with E-state index in [1.807, 2.05) is 0 Å². The Morgan fingerprint density at radius 3 is 2.50 bits per heavy atom. The molecule has 1 aromatic rings. The third kappa shape index (κ3) is 2.04. The third-order valence-corrected chi connectivity index (χ3v) is 1.68. The fourth-order valence-electron chi connectivity index (χ4n) is 1.00. The van der Waals surface area contributed by atoms with Crippen LogP contribution in [-0.4, -0.2) is 11.1 Å². The van der Waals surface area contributed by atoms with Crippen LogP contribution in [0, 0.1) is 6.92 Å². The molecule has 1 aromatic carbocycles. The molecule has 76 valence electrons. The SMILES string of the molecule is [2H]c1cc(C(F)(F)F)cc(C)c1C(=O)O. The van der Waals surface area contributed by atoms with Crippen LogP contribution in [0.2, 0.25) is 0 Å². The van der Waals surface area contributed by atoms with E-state index in [9.17, 15) is 18.0 Å². The van der Waals surface area contributed by atoms with Gasteiger partial charge in [0.05, 0.1) is 12.5 Å². The largest absolute Gasteiger partial charge is 0.478 e. The second-order valence-electron chi connectivity index (χ2n) is 2.75. The van der Waals surface area contributed by atoms with Crippen molar-refractivity contribution >= 4 is 5.97 Å². The minimum absolute atomic E-state index is 0.0673. The summed E-state index contributed by atoms with van der Waals surface area (Å²) in [6, 6.07) is 0.604. The van der Waals surface area contributed by atoms with E-state index in [4.69, 9.17) is 6.48 Å². The number of rotatable bonds is 1. The second kappa shape index (κ2) is 3.32. The lowest BCUT2D eigenvalue weighted by atomic mass is 10.1. The Hall–Kier alpha value is -1.52. The summed E-state index contributed by atoms with van der Waals surface area (Å²) in [6.45, 7) is 1.23. The highest BCUT2D eigenvalue weighted by molar-refractivity contribution is 5.89. The van der Waals surface area contributed by atoms with E-state index in [1.54, 1.807) is 0 Å². The minimum atomic E-state index is -4.56. The van der Waals surface area contributed by atoms with Gasteiger partial charge in [0.25, 0.3) is 0 Å². The summed E-state index contributed by atoms with van der Waals surface area (Å²) in [4.78, 5) is 10.6. The molecule has 0 spiro atoms. The monoisotopic (exact) mass is 205 g/mol. The topological polar surface area (TPSA) is 37.3 Å². The standard InChI is InChI=1S/C9H7F3O2/c1-5-4-6(9(10,11)12)2-3-7(5)8(13)14/h2-4H,1H3,(H,13,14)/i3D. The Morgan fingerprint density at radius 1 is 1.57 bits per heavy atom. The highest BCUT2D eigenvalue weighted by Gasteiger charge is 2.30. The first-order chi connectivity index (χ1) is 6.73. The Balaban J connectivity index is 3.39. The van der Waals surface area contributed by atoms with Crippen LogP contribution in [0.15, 0.2) is 18.2 Å². The molecule has 0 aliphatic carbocycles. The molecular weight excluding hydrogens is 197 g/mol. The third-order valence-electron chi connectivity index (χ3n) is 1.68. The van der Waals surface area contributed by atoms with Crippen molar-refractivity contribution in [2.45, 2.75) is 13.1 Å². The quantitative estimate of drug-likeness (QED) is 0.765. The zero-order chi connectivity index (χ0) is 11.8. The van der Waals surface area contributed by atoms with Gasteiger partial charge in [-0.3, -0.25) is 0 Å². The molecule has 0 aliphatic heterocycles. The van der Waals surface area contributed by atoms with Gasteiger partial charge < -0.3 is 5.11 Å². The molecule has 0 heterocycles. The Kier molecular flexibility index (Phi) is 2.15. The summed E-state index contributed by atoms with van der Waals surface area (Å²) < 4.78 is 43.9.